The zero-order chi connectivity index (χ0) is 63.4. The van der Waals surface area contributed by atoms with Crippen LogP contribution in [-0.4, -0.2) is 125 Å². The third-order valence-electron chi connectivity index (χ3n) is 18.6. The second kappa shape index (κ2) is 30.1. The van der Waals surface area contributed by atoms with Gasteiger partial charge in [-0.25, -0.2) is 0 Å². The molecule has 13 nitrogen and oxygen atoms in total. The predicted molar refractivity (Wildman–Crippen MR) is 368 cm³/mol. The summed E-state index contributed by atoms with van der Waals surface area (Å²) in [5.41, 5.74) is 10.6. The van der Waals surface area contributed by atoms with Gasteiger partial charge in [0.25, 0.3) is 17.7 Å². The maximum atomic E-state index is 12.7. The Kier molecular flexibility index (Phi) is 22.2. The number of rotatable bonds is 15. The molecule has 3 amide bonds. The van der Waals surface area contributed by atoms with Crippen LogP contribution in [0.4, 0.5) is 17.1 Å². The molecule has 2 aliphatic carbocycles. The van der Waals surface area contributed by atoms with E-state index in [0.717, 1.165) is 127 Å². The molecule has 0 bridgehead atoms. The highest BCUT2D eigenvalue weighted by molar-refractivity contribution is 9.10. The van der Waals surface area contributed by atoms with Gasteiger partial charge in [0.2, 0.25) is 0 Å². The molecule has 12 rings (SSSR count). The average molecular weight is 1320 g/mol. The molecule has 90 heavy (non-hydrogen) atoms. The van der Waals surface area contributed by atoms with E-state index in [-0.39, 0.29) is 37.5 Å². The Morgan fingerprint density at radius 3 is 1.08 bits per heavy atom. The summed E-state index contributed by atoms with van der Waals surface area (Å²) in [6, 6.07) is 43.4. The quantitative estimate of drug-likeness (QED) is 0.0875. The van der Waals surface area contributed by atoms with Crippen LogP contribution >= 0.6 is 39.1 Å². The lowest BCUT2D eigenvalue weighted by molar-refractivity contribution is -0.929. The Hall–Kier alpha value is -6.75. The van der Waals surface area contributed by atoms with Crippen LogP contribution in [0.2, 0.25) is 10.0 Å². The van der Waals surface area contributed by atoms with Crippen molar-refractivity contribution in [1.82, 2.24) is 0 Å². The fraction of sp³-hybridized carbons (Fsp3) is 0.392. The van der Waals surface area contributed by atoms with Gasteiger partial charge in [-0.15, -0.1) is 0 Å². The van der Waals surface area contributed by atoms with Crippen LogP contribution in [0, 0.1) is 0 Å². The minimum atomic E-state index is -0.160. The summed E-state index contributed by atoms with van der Waals surface area (Å²) in [5, 5.41) is 10.2. The number of carbonyl (C=O) groups is 3. The van der Waals surface area contributed by atoms with E-state index in [2.05, 4.69) is 111 Å². The highest BCUT2D eigenvalue weighted by Gasteiger charge is 2.33. The molecule has 6 aliphatic rings. The lowest BCUT2D eigenvalue weighted by Gasteiger charge is -2.40. The summed E-state index contributed by atoms with van der Waals surface area (Å²) in [5.74, 6) is 1.87. The molecule has 474 valence electrons. The van der Waals surface area contributed by atoms with E-state index in [1.165, 1.54) is 80.9 Å². The second-order valence-corrected chi connectivity index (χ2v) is 28.4. The lowest BCUT2D eigenvalue weighted by Crippen LogP contribution is -2.50. The Balaban J connectivity index is 0.000000148. The third-order valence-corrected chi connectivity index (χ3v) is 19.6. The van der Waals surface area contributed by atoms with E-state index in [9.17, 15) is 14.4 Å². The van der Waals surface area contributed by atoms with Crippen LogP contribution in [0.25, 0.3) is 18.2 Å². The van der Waals surface area contributed by atoms with E-state index in [1.54, 1.807) is 18.2 Å². The predicted octanol–water partition coefficient (Wildman–Crippen LogP) is 15.9. The van der Waals surface area contributed by atoms with Crippen molar-refractivity contribution in [1.29, 1.82) is 0 Å². The zero-order valence-electron chi connectivity index (χ0n) is 53.1. The van der Waals surface area contributed by atoms with Crippen LogP contribution in [0.15, 0.2) is 149 Å². The molecule has 0 aromatic heterocycles. The summed E-state index contributed by atoms with van der Waals surface area (Å²) in [6.07, 6.45) is 21.3. The number of carbonyl (C=O) groups excluding carboxylic acids is 3. The topological polar surface area (TPSA) is 124 Å². The van der Waals surface area contributed by atoms with Crippen LogP contribution in [0.3, 0.4) is 0 Å². The first kappa shape index (κ1) is 66.2. The molecule has 3 N–H and O–H groups in total. The molecule has 6 aromatic rings. The highest BCUT2D eigenvalue weighted by Crippen LogP contribution is 2.35. The van der Waals surface area contributed by atoms with Gasteiger partial charge in [0, 0.05) is 77.8 Å². The number of hydrogen-bond acceptors (Lipinski definition) is 7. The Morgan fingerprint density at radius 1 is 0.422 bits per heavy atom. The number of benzene rings is 6. The Morgan fingerprint density at radius 2 is 0.733 bits per heavy atom. The van der Waals surface area contributed by atoms with E-state index >= 15 is 0 Å². The van der Waals surface area contributed by atoms with Gasteiger partial charge < -0.3 is 48.3 Å². The van der Waals surface area contributed by atoms with Crippen molar-refractivity contribution in [2.75, 3.05) is 91.3 Å². The first-order valence-electron chi connectivity index (χ1n) is 31.9. The Labute approximate surface area is 550 Å². The molecule has 0 unspecified atom stereocenters. The summed E-state index contributed by atoms with van der Waals surface area (Å²) >= 11 is 15.6. The molecule has 4 aliphatic heterocycles. The van der Waals surface area contributed by atoms with Crippen molar-refractivity contribution >= 4 is 92.1 Å². The molecule has 0 spiro atoms. The molecule has 4 heterocycles. The van der Waals surface area contributed by atoms with Crippen molar-refractivity contribution in [3.63, 3.8) is 0 Å². The van der Waals surface area contributed by atoms with Gasteiger partial charge in [-0.1, -0.05) is 88.4 Å². The maximum absolute atomic E-state index is 12.7. The molecular formula is C74H88BrCl2N6O7+3. The van der Waals surface area contributed by atoms with Crippen molar-refractivity contribution in [2.45, 2.75) is 115 Å². The van der Waals surface area contributed by atoms with Crippen molar-refractivity contribution in [3.8, 4) is 17.2 Å². The zero-order valence-corrected chi connectivity index (χ0v) is 56.2. The van der Waals surface area contributed by atoms with E-state index in [4.69, 9.17) is 42.1 Å². The number of amides is 3. The minimum absolute atomic E-state index is 0.119. The Bertz CT molecular complexity index is 3210. The van der Waals surface area contributed by atoms with Gasteiger partial charge in [-0.3, -0.25) is 14.4 Å². The first-order chi connectivity index (χ1) is 43.2. The highest BCUT2D eigenvalue weighted by atomic mass is 79.9. The smallest absolute Gasteiger partial charge is 0.255 e. The normalized spacial score (nSPS) is 17.0. The fourth-order valence-corrected chi connectivity index (χ4v) is 14.0. The monoisotopic (exact) mass is 1320 g/mol. The molecule has 6 aromatic carbocycles. The minimum Gasteiger partial charge on any atom is -0.488 e. The number of nitrogens with zero attached hydrogens (tertiary/aromatic N) is 3. The molecule has 0 atom stereocenters. The van der Waals surface area contributed by atoms with Crippen LogP contribution < -0.4 is 30.2 Å². The first-order valence-corrected chi connectivity index (χ1v) is 33.4. The van der Waals surface area contributed by atoms with Crippen molar-refractivity contribution in [3.05, 3.63) is 192 Å². The van der Waals surface area contributed by atoms with Gasteiger partial charge in [-0.2, -0.15) is 0 Å². The fourth-order valence-electron chi connectivity index (χ4n) is 13.3. The number of quaternary nitrogens is 3. The van der Waals surface area contributed by atoms with E-state index in [0.29, 0.717) is 32.8 Å². The second-order valence-electron chi connectivity index (χ2n) is 26.6. The summed E-state index contributed by atoms with van der Waals surface area (Å²) in [6.45, 7) is 5.47. The van der Waals surface area contributed by atoms with Gasteiger partial charge in [-0.05, 0) is 161 Å². The molecular weight excluding hydrogens is 1240 g/mol. The van der Waals surface area contributed by atoms with Gasteiger partial charge in [0.1, 0.15) is 56.7 Å². The van der Waals surface area contributed by atoms with Gasteiger partial charge in [0.15, 0.2) is 0 Å². The SMILES string of the molecule is C[N+](C)(Cc1ccc(NC(=O)C2=Cc3cc(Br)ccc3OC2)cc1)C1CCCCC1.C[N+](C)(Cc1ccc(NC(=O)C2=Cc3cc(Cl)ccc3OC2)cc1)C1CCCCC1.C[N+](C)(Cc1ccc(NC(=O)C2=Cc3cc(Cl)ccc3OC2)cc1)C1CCOCC1. The average Bonchev–Trinajstić information content (AvgIpc) is 2.23. The number of hydrogen-bond donors (Lipinski definition) is 3. The lowest BCUT2D eigenvalue weighted by atomic mass is 9.92. The number of nitrogens with one attached hydrogen (secondary N) is 3. The van der Waals surface area contributed by atoms with Gasteiger partial charge in [0.05, 0.1) is 90.3 Å². The van der Waals surface area contributed by atoms with Crippen LogP contribution in [0.5, 0.6) is 17.2 Å². The molecule has 0 radical (unpaired) electrons. The number of halogens is 3. The summed E-state index contributed by atoms with van der Waals surface area (Å²) in [7, 11) is 13.9. The van der Waals surface area contributed by atoms with Crippen LogP contribution in [-0.2, 0) is 38.8 Å². The largest absolute Gasteiger partial charge is 0.488 e. The van der Waals surface area contributed by atoms with Crippen molar-refractivity contribution in [2.24, 2.45) is 0 Å². The number of ether oxygens (including phenoxy) is 4. The molecule has 2 saturated carbocycles. The molecule has 1 saturated heterocycles. The van der Waals surface area contributed by atoms with E-state index in [1.807, 2.05) is 91.0 Å². The number of anilines is 3. The maximum Gasteiger partial charge on any atom is 0.255 e. The molecule has 16 heteroatoms. The van der Waals surface area contributed by atoms with Gasteiger partial charge >= 0.3 is 0 Å². The third kappa shape index (κ3) is 18.1. The standard InChI is InChI=1S/C25H29BrN2O2.C25H29ClN2O2.C24H27ClN2O3/c2*1-28(2,23-6-4-3-5-7-23)16-18-8-11-22(12-9-18)27-25(29)20-14-19-15-21(26)10-13-24(19)30-17-20;1-27(2,22-9-11-29-12-10-22)15-17-3-6-21(7-4-17)26-24(28)19-13-18-14-20(25)5-8-23(18)30-16-19/h2*8-15,23H,3-7,16-17H2,1-2H3;3-8,13-14,22H,9-12,15-16H2,1-2H3/p+3. The van der Waals surface area contributed by atoms with Crippen molar-refractivity contribution < 1.29 is 46.8 Å². The van der Waals surface area contributed by atoms with E-state index < -0.39 is 0 Å². The molecule has 3 fully saturated rings. The summed E-state index contributed by atoms with van der Waals surface area (Å²) in [4.78, 5) is 38.1. The summed E-state index contributed by atoms with van der Waals surface area (Å²) < 4.78 is 26.6. The van der Waals surface area contributed by atoms with Crippen LogP contribution in [0.1, 0.15) is 110 Å². The number of fused-ring (bicyclic) bond motifs is 3.